The van der Waals surface area contributed by atoms with Crippen LogP contribution in [0.2, 0.25) is 0 Å². The fourth-order valence-corrected chi connectivity index (χ4v) is 4.13. The lowest BCUT2D eigenvalue weighted by Gasteiger charge is -2.18. The Balaban J connectivity index is 1.85. The van der Waals surface area contributed by atoms with E-state index in [0.29, 0.717) is 17.0 Å². The van der Waals surface area contributed by atoms with Crippen LogP contribution >= 0.6 is 0 Å². The first kappa shape index (κ1) is 22.3. The van der Waals surface area contributed by atoms with E-state index in [0.717, 1.165) is 39.2 Å². The molecule has 0 bridgehead atoms. The Morgan fingerprint density at radius 2 is 1.36 bits per heavy atom. The van der Waals surface area contributed by atoms with E-state index in [1.54, 1.807) is 0 Å². The standard InChI is InChI=1S/C28H29N3O2/c1-17-8-14-23(20(4)15-17)25-26(29-24-16-18(2)7-9-19(24)3)28(33)31(27(25)32)22-12-10-21(11-13-22)30(5)6/h7-16,29H,1-6H3. The average molecular weight is 440 g/mol. The van der Waals surface area contributed by atoms with Gasteiger partial charge < -0.3 is 10.2 Å². The molecule has 1 N–H and O–H groups in total. The zero-order valence-corrected chi connectivity index (χ0v) is 20.0. The highest BCUT2D eigenvalue weighted by atomic mass is 16.2. The van der Waals surface area contributed by atoms with Crippen LogP contribution in [0.5, 0.6) is 0 Å². The SMILES string of the molecule is Cc1ccc(C2=C(Nc3cc(C)ccc3C)C(=O)N(c3ccc(N(C)C)cc3)C2=O)c(C)c1. The van der Waals surface area contributed by atoms with Crippen molar-refractivity contribution in [2.45, 2.75) is 27.7 Å². The Bertz CT molecular complexity index is 1290. The zero-order chi connectivity index (χ0) is 23.9. The van der Waals surface area contributed by atoms with E-state index in [9.17, 15) is 9.59 Å². The number of amides is 2. The Kier molecular flexibility index (Phi) is 5.81. The van der Waals surface area contributed by atoms with Gasteiger partial charge in [-0.25, -0.2) is 4.90 Å². The summed E-state index contributed by atoms with van der Waals surface area (Å²) >= 11 is 0. The summed E-state index contributed by atoms with van der Waals surface area (Å²) in [6.07, 6.45) is 0. The summed E-state index contributed by atoms with van der Waals surface area (Å²) in [5.41, 5.74) is 7.96. The third-order valence-corrected chi connectivity index (χ3v) is 6.01. The molecule has 0 saturated heterocycles. The number of carbonyl (C=O) groups excluding carboxylic acids is 2. The fraction of sp³-hybridized carbons (Fsp3) is 0.214. The first-order chi connectivity index (χ1) is 15.7. The minimum atomic E-state index is -0.353. The van der Waals surface area contributed by atoms with Gasteiger partial charge in [0.2, 0.25) is 0 Å². The largest absolute Gasteiger partial charge is 0.378 e. The van der Waals surface area contributed by atoms with Crippen molar-refractivity contribution >= 4 is 34.4 Å². The van der Waals surface area contributed by atoms with E-state index in [1.807, 2.05) is 107 Å². The molecule has 0 radical (unpaired) electrons. The van der Waals surface area contributed by atoms with Crippen LogP contribution in [-0.4, -0.2) is 25.9 Å². The van der Waals surface area contributed by atoms with Gasteiger partial charge >= 0.3 is 0 Å². The van der Waals surface area contributed by atoms with Crippen LogP contribution in [0.4, 0.5) is 17.1 Å². The van der Waals surface area contributed by atoms with Crippen molar-refractivity contribution in [2.75, 3.05) is 29.2 Å². The van der Waals surface area contributed by atoms with E-state index in [4.69, 9.17) is 0 Å². The Morgan fingerprint density at radius 3 is 2.00 bits per heavy atom. The van der Waals surface area contributed by atoms with E-state index < -0.39 is 0 Å². The van der Waals surface area contributed by atoms with E-state index >= 15 is 0 Å². The highest BCUT2D eigenvalue weighted by Crippen LogP contribution is 2.36. The van der Waals surface area contributed by atoms with Gasteiger partial charge in [-0.15, -0.1) is 0 Å². The van der Waals surface area contributed by atoms with Gasteiger partial charge in [-0.1, -0.05) is 35.9 Å². The van der Waals surface area contributed by atoms with E-state index in [1.165, 1.54) is 4.90 Å². The Hall–Kier alpha value is -3.86. The molecule has 0 saturated carbocycles. The summed E-state index contributed by atoms with van der Waals surface area (Å²) in [5.74, 6) is -0.675. The lowest BCUT2D eigenvalue weighted by Crippen LogP contribution is -2.32. The molecule has 2 amide bonds. The van der Waals surface area contributed by atoms with Gasteiger partial charge in [0.1, 0.15) is 5.70 Å². The molecule has 3 aromatic rings. The van der Waals surface area contributed by atoms with Crippen LogP contribution in [0.1, 0.15) is 27.8 Å². The predicted octanol–water partition coefficient (Wildman–Crippen LogP) is 5.38. The molecule has 1 heterocycles. The molecule has 5 nitrogen and oxygen atoms in total. The molecular weight excluding hydrogens is 410 g/mol. The normalized spacial score (nSPS) is 13.7. The summed E-state index contributed by atoms with van der Waals surface area (Å²) in [7, 11) is 3.90. The van der Waals surface area contributed by atoms with Gasteiger partial charge in [0, 0.05) is 25.5 Å². The van der Waals surface area contributed by atoms with Crippen LogP contribution < -0.4 is 15.1 Å². The first-order valence-electron chi connectivity index (χ1n) is 11.0. The molecule has 0 aliphatic carbocycles. The molecule has 0 aromatic heterocycles. The van der Waals surface area contributed by atoms with Crippen LogP contribution in [0.3, 0.4) is 0 Å². The number of hydrogen-bond acceptors (Lipinski definition) is 4. The summed E-state index contributed by atoms with van der Waals surface area (Å²) in [6, 6.07) is 19.4. The molecule has 4 rings (SSSR count). The number of nitrogens with zero attached hydrogens (tertiary/aromatic N) is 2. The van der Waals surface area contributed by atoms with Crippen molar-refractivity contribution < 1.29 is 9.59 Å². The maximum Gasteiger partial charge on any atom is 0.282 e. The quantitative estimate of drug-likeness (QED) is 0.542. The minimum Gasteiger partial charge on any atom is -0.378 e. The van der Waals surface area contributed by atoms with Gasteiger partial charge in [-0.2, -0.15) is 0 Å². The molecule has 1 aliphatic rings. The molecule has 5 heteroatoms. The van der Waals surface area contributed by atoms with Crippen molar-refractivity contribution in [1.82, 2.24) is 0 Å². The number of imide groups is 1. The second-order valence-corrected chi connectivity index (χ2v) is 8.87. The molecular formula is C28H29N3O2. The lowest BCUT2D eigenvalue weighted by atomic mass is 9.97. The molecule has 33 heavy (non-hydrogen) atoms. The van der Waals surface area contributed by atoms with Crippen LogP contribution in [0.15, 0.2) is 66.4 Å². The van der Waals surface area contributed by atoms with Crippen molar-refractivity contribution in [3.63, 3.8) is 0 Å². The van der Waals surface area contributed by atoms with Gasteiger partial charge in [-0.3, -0.25) is 9.59 Å². The molecule has 1 aliphatic heterocycles. The second-order valence-electron chi connectivity index (χ2n) is 8.87. The van der Waals surface area contributed by atoms with Crippen molar-refractivity contribution in [2.24, 2.45) is 0 Å². The van der Waals surface area contributed by atoms with E-state index in [-0.39, 0.29) is 11.8 Å². The Labute approximate surface area is 195 Å². The summed E-state index contributed by atoms with van der Waals surface area (Å²) < 4.78 is 0. The van der Waals surface area contributed by atoms with Crippen LogP contribution in [-0.2, 0) is 9.59 Å². The molecule has 168 valence electrons. The maximum atomic E-state index is 13.7. The molecule has 0 fully saturated rings. The van der Waals surface area contributed by atoms with Crippen molar-refractivity contribution in [3.8, 4) is 0 Å². The molecule has 0 spiro atoms. The number of benzene rings is 3. The molecule has 3 aromatic carbocycles. The number of nitrogens with one attached hydrogen (secondary N) is 1. The van der Waals surface area contributed by atoms with Gasteiger partial charge in [0.15, 0.2) is 0 Å². The van der Waals surface area contributed by atoms with Crippen molar-refractivity contribution in [3.05, 3.63) is 94.2 Å². The maximum absolute atomic E-state index is 13.7. The summed E-state index contributed by atoms with van der Waals surface area (Å²) in [4.78, 5) is 30.6. The monoisotopic (exact) mass is 439 g/mol. The summed E-state index contributed by atoms with van der Waals surface area (Å²) in [5, 5.41) is 3.31. The summed E-state index contributed by atoms with van der Waals surface area (Å²) in [6.45, 7) is 7.97. The molecule has 0 unspecified atom stereocenters. The second kappa shape index (κ2) is 8.58. The minimum absolute atomic E-state index is 0.303. The number of carbonyl (C=O) groups is 2. The van der Waals surface area contributed by atoms with Gasteiger partial charge in [0.05, 0.1) is 11.3 Å². The fourth-order valence-electron chi connectivity index (χ4n) is 4.13. The third-order valence-electron chi connectivity index (χ3n) is 6.01. The van der Waals surface area contributed by atoms with Gasteiger partial charge in [-0.05, 0) is 80.3 Å². The Morgan fingerprint density at radius 1 is 0.727 bits per heavy atom. The number of aryl methyl sites for hydroxylation is 4. The average Bonchev–Trinajstić information content (AvgIpc) is 3.00. The zero-order valence-electron chi connectivity index (χ0n) is 20.0. The predicted molar refractivity (Wildman–Crippen MR) is 136 cm³/mol. The highest BCUT2D eigenvalue weighted by Gasteiger charge is 2.40. The third kappa shape index (κ3) is 4.14. The molecule has 0 atom stereocenters. The van der Waals surface area contributed by atoms with E-state index in [2.05, 4.69) is 5.32 Å². The lowest BCUT2D eigenvalue weighted by molar-refractivity contribution is -0.120. The smallest absolute Gasteiger partial charge is 0.282 e. The van der Waals surface area contributed by atoms with Gasteiger partial charge in [0.25, 0.3) is 11.8 Å². The first-order valence-corrected chi connectivity index (χ1v) is 11.0. The van der Waals surface area contributed by atoms with Crippen molar-refractivity contribution in [1.29, 1.82) is 0 Å². The van der Waals surface area contributed by atoms with Crippen LogP contribution in [0.25, 0.3) is 5.57 Å². The van der Waals surface area contributed by atoms with Crippen LogP contribution in [0, 0.1) is 27.7 Å². The number of hydrogen-bond donors (Lipinski definition) is 1. The highest BCUT2D eigenvalue weighted by molar-refractivity contribution is 6.46. The number of anilines is 3. The number of rotatable bonds is 5. The topological polar surface area (TPSA) is 52.7 Å².